The van der Waals surface area contributed by atoms with Gasteiger partial charge in [-0.25, -0.2) is 0 Å². The van der Waals surface area contributed by atoms with Gasteiger partial charge in [-0.05, 0) is 36.2 Å². The topological polar surface area (TPSA) is 60.8 Å². The SMILES string of the molecule is CN1CCC(O)([C@H](C(=O)O)c2ccc3ccccc3c2)CC1. The molecule has 22 heavy (non-hydrogen) atoms. The summed E-state index contributed by atoms with van der Waals surface area (Å²) in [5.74, 6) is -1.84. The summed E-state index contributed by atoms with van der Waals surface area (Å²) in [4.78, 5) is 14.0. The van der Waals surface area contributed by atoms with Gasteiger partial charge in [-0.2, -0.15) is 0 Å². The smallest absolute Gasteiger partial charge is 0.313 e. The predicted octanol–water partition coefficient (Wildman–Crippen LogP) is 2.46. The van der Waals surface area contributed by atoms with E-state index < -0.39 is 17.5 Å². The van der Waals surface area contributed by atoms with Crippen molar-refractivity contribution in [1.29, 1.82) is 0 Å². The van der Waals surface area contributed by atoms with Crippen LogP contribution in [-0.4, -0.2) is 46.8 Å². The van der Waals surface area contributed by atoms with E-state index >= 15 is 0 Å². The minimum atomic E-state index is -1.18. The normalized spacial score (nSPS) is 19.9. The zero-order valence-electron chi connectivity index (χ0n) is 12.7. The number of benzene rings is 2. The Kier molecular flexibility index (Phi) is 3.89. The number of piperidine rings is 1. The molecule has 116 valence electrons. The number of carboxylic acid groups (broad SMARTS) is 1. The van der Waals surface area contributed by atoms with E-state index in [9.17, 15) is 15.0 Å². The van der Waals surface area contributed by atoms with Gasteiger partial charge in [0.1, 0.15) is 5.92 Å². The summed E-state index contributed by atoms with van der Waals surface area (Å²) >= 11 is 0. The average molecular weight is 299 g/mol. The van der Waals surface area contributed by atoms with Crippen LogP contribution in [0.25, 0.3) is 10.8 Å². The molecule has 0 radical (unpaired) electrons. The first-order valence-electron chi connectivity index (χ1n) is 7.62. The van der Waals surface area contributed by atoms with Crippen molar-refractivity contribution in [1.82, 2.24) is 4.90 Å². The monoisotopic (exact) mass is 299 g/mol. The molecule has 3 rings (SSSR count). The molecule has 1 aliphatic heterocycles. The second-order valence-corrected chi connectivity index (χ2v) is 6.28. The van der Waals surface area contributed by atoms with Crippen molar-refractivity contribution < 1.29 is 15.0 Å². The third-order valence-electron chi connectivity index (χ3n) is 4.74. The molecule has 0 bridgehead atoms. The van der Waals surface area contributed by atoms with Crippen LogP contribution in [-0.2, 0) is 4.79 Å². The minimum Gasteiger partial charge on any atom is -0.481 e. The van der Waals surface area contributed by atoms with E-state index in [0.29, 0.717) is 31.5 Å². The number of carboxylic acids is 1. The second-order valence-electron chi connectivity index (χ2n) is 6.28. The van der Waals surface area contributed by atoms with Gasteiger partial charge in [0.2, 0.25) is 0 Å². The highest BCUT2D eigenvalue weighted by Gasteiger charge is 2.44. The predicted molar refractivity (Wildman–Crippen MR) is 86.0 cm³/mol. The van der Waals surface area contributed by atoms with Gasteiger partial charge >= 0.3 is 5.97 Å². The van der Waals surface area contributed by atoms with Gasteiger partial charge in [0.15, 0.2) is 0 Å². The molecule has 4 nitrogen and oxygen atoms in total. The van der Waals surface area contributed by atoms with Crippen LogP contribution in [0.15, 0.2) is 42.5 Å². The Morgan fingerprint density at radius 2 is 1.77 bits per heavy atom. The molecule has 1 aliphatic rings. The van der Waals surface area contributed by atoms with E-state index in [1.807, 2.05) is 49.5 Å². The Balaban J connectivity index is 2.01. The van der Waals surface area contributed by atoms with E-state index in [4.69, 9.17) is 0 Å². The Morgan fingerprint density at radius 3 is 2.41 bits per heavy atom. The first-order chi connectivity index (χ1) is 10.5. The number of fused-ring (bicyclic) bond motifs is 1. The number of hydrogen-bond acceptors (Lipinski definition) is 3. The van der Waals surface area contributed by atoms with Crippen molar-refractivity contribution in [3.8, 4) is 0 Å². The lowest BCUT2D eigenvalue weighted by atomic mass is 9.75. The minimum absolute atomic E-state index is 0.479. The molecule has 0 saturated carbocycles. The van der Waals surface area contributed by atoms with Gasteiger partial charge in [0.25, 0.3) is 0 Å². The Labute approximate surface area is 130 Å². The molecular weight excluding hydrogens is 278 g/mol. The zero-order valence-corrected chi connectivity index (χ0v) is 12.7. The standard InChI is InChI=1S/C18H21NO3/c1-19-10-8-18(22,9-11-19)16(17(20)21)15-7-6-13-4-2-3-5-14(13)12-15/h2-7,12,16,22H,8-11H2,1H3,(H,20,21)/t16-/m0/s1. The first kappa shape index (κ1) is 15.0. The largest absolute Gasteiger partial charge is 0.481 e. The summed E-state index contributed by atoms with van der Waals surface area (Å²) in [5, 5.41) is 22.7. The van der Waals surface area contributed by atoms with Gasteiger partial charge < -0.3 is 15.1 Å². The van der Waals surface area contributed by atoms with Crippen LogP contribution >= 0.6 is 0 Å². The second kappa shape index (κ2) is 5.71. The molecule has 1 atom stereocenters. The molecule has 2 N–H and O–H groups in total. The van der Waals surface area contributed by atoms with Gasteiger partial charge in [0, 0.05) is 13.1 Å². The Bertz CT molecular complexity index is 690. The Morgan fingerprint density at radius 1 is 1.14 bits per heavy atom. The summed E-state index contributed by atoms with van der Waals surface area (Å²) in [5.41, 5.74) is -0.501. The van der Waals surface area contributed by atoms with Crippen LogP contribution in [0, 0.1) is 0 Å². The molecule has 1 saturated heterocycles. The molecule has 1 heterocycles. The van der Waals surface area contributed by atoms with Crippen LogP contribution in [0.2, 0.25) is 0 Å². The molecule has 0 amide bonds. The van der Waals surface area contributed by atoms with E-state index in [0.717, 1.165) is 10.8 Å². The lowest BCUT2D eigenvalue weighted by Crippen LogP contribution is -2.49. The summed E-state index contributed by atoms with van der Waals surface area (Å²) in [6.45, 7) is 1.43. The van der Waals surface area contributed by atoms with Crippen LogP contribution in [0.3, 0.4) is 0 Å². The molecule has 1 fully saturated rings. The third-order valence-corrected chi connectivity index (χ3v) is 4.74. The van der Waals surface area contributed by atoms with Crippen molar-refractivity contribution in [3.63, 3.8) is 0 Å². The highest BCUT2D eigenvalue weighted by Crippen LogP contribution is 2.37. The number of hydrogen-bond donors (Lipinski definition) is 2. The van der Waals surface area contributed by atoms with Crippen molar-refractivity contribution >= 4 is 16.7 Å². The molecule has 0 aromatic heterocycles. The van der Waals surface area contributed by atoms with Crippen molar-refractivity contribution in [2.75, 3.05) is 20.1 Å². The lowest BCUT2D eigenvalue weighted by molar-refractivity contribution is -0.148. The number of likely N-dealkylation sites (tertiary alicyclic amines) is 1. The van der Waals surface area contributed by atoms with Gasteiger partial charge in [-0.15, -0.1) is 0 Å². The number of aliphatic hydroxyl groups is 1. The number of aliphatic carboxylic acids is 1. The van der Waals surface area contributed by atoms with Crippen LogP contribution in [0.1, 0.15) is 24.3 Å². The molecule has 0 unspecified atom stereocenters. The molecule has 2 aromatic rings. The van der Waals surface area contributed by atoms with E-state index in [-0.39, 0.29) is 0 Å². The fourth-order valence-corrected chi connectivity index (χ4v) is 3.36. The molecule has 4 heteroatoms. The lowest BCUT2D eigenvalue weighted by Gasteiger charge is -2.40. The quantitative estimate of drug-likeness (QED) is 0.914. The molecule has 0 aliphatic carbocycles. The summed E-state index contributed by atoms with van der Waals surface area (Å²) < 4.78 is 0. The summed E-state index contributed by atoms with van der Waals surface area (Å²) in [6, 6.07) is 13.5. The van der Waals surface area contributed by atoms with Crippen molar-refractivity contribution in [3.05, 3.63) is 48.0 Å². The van der Waals surface area contributed by atoms with Crippen molar-refractivity contribution in [2.24, 2.45) is 0 Å². The molecular formula is C18H21NO3. The maximum absolute atomic E-state index is 11.8. The zero-order chi connectivity index (χ0) is 15.7. The highest BCUT2D eigenvalue weighted by atomic mass is 16.4. The van der Waals surface area contributed by atoms with Crippen LogP contribution in [0.4, 0.5) is 0 Å². The number of carbonyl (C=O) groups is 1. The van der Waals surface area contributed by atoms with Gasteiger partial charge in [0.05, 0.1) is 5.60 Å². The Hall–Kier alpha value is -1.91. The maximum atomic E-state index is 11.8. The first-order valence-corrected chi connectivity index (χ1v) is 7.62. The van der Waals surface area contributed by atoms with Gasteiger partial charge in [-0.1, -0.05) is 42.5 Å². The third kappa shape index (κ3) is 2.72. The summed E-state index contributed by atoms with van der Waals surface area (Å²) in [7, 11) is 1.99. The fraction of sp³-hybridized carbons (Fsp3) is 0.389. The van der Waals surface area contributed by atoms with E-state index in [1.165, 1.54) is 0 Å². The van der Waals surface area contributed by atoms with Gasteiger partial charge in [-0.3, -0.25) is 4.79 Å². The highest BCUT2D eigenvalue weighted by molar-refractivity contribution is 5.86. The van der Waals surface area contributed by atoms with Crippen LogP contribution < -0.4 is 0 Å². The fourth-order valence-electron chi connectivity index (χ4n) is 3.36. The van der Waals surface area contributed by atoms with E-state index in [2.05, 4.69) is 4.90 Å². The number of rotatable bonds is 3. The van der Waals surface area contributed by atoms with E-state index in [1.54, 1.807) is 0 Å². The molecule has 2 aromatic carbocycles. The van der Waals surface area contributed by atoms with Crippen molar-refractivity contribution in [2.45, 2.75) is 24.4 Å². The summed E-state index contributed by atoms with van der Waals surface area (Å²) in [6.07, 6.45) is 0.959. The van der Waals surface area contributed by atoms with Crippen LogP contribution in [0.5, 0.6) is 0 Å². The molecule has 0 spiro atoms. The maximum Gasteiger partial charge on any atom is 0.313 e. The average Bonchev–Trinajstić information content (AvgIpc) is 2.50. The number of nitrogens with zero attached hydrogens (tertiary/aromatic N) is 1.